The highest BCUT2D eigenvalue weighted by molar-refractivity contribution is 5.69. The van der Waals surface area contributed by atoms with Crippen LogP contribution < -0.4 is 0 Å². The van der Waals surface area contributed by atoms with Gasteiger partial charge in [-0.2, -0.15) is 52.7 Å². The van der Waals surface area contributed by atoms with Crippen molar-refractivity contribution in [3.05, 3.63) is 0 Å². The highest BCUT2D eigenvalue weighted by Crippen LogP contribution is 2.61. The minimum atomic E-state index is -7.73. The Morgan fingerprint density at radius 3 is 1.00 bits per heavy atom. The van der Waals surface area contributed by atoms with Gasteiger partial charge in [-0.15, -0.1) is 0 Å². The molecule has 0 aromatic carbocycles. The van der Waals surface area contributed by atoms with E-state index < -0.39 is 86.4 Å². The quantitative estimate of drug-likeness (QED) is 0.247. The maximum atomic E-state index is 13.7. The Labute approximate surface area is 173 Å². The number of ether oxygens (including phenoxy) is 2. The van der Waals surface area contributed by atoms with E-state index in [4.69, 9.17) is 0 Å². The second-order valence-electron chi connectivity index (χ2n) is 6.32. The maximum Gasteiger partial charge on any atom is 0.384 e. The van der Waals surface area contributed by atoms with Crippen molar-refractivity contribution < 1.29 is 71.7 Å². The van der Waals surface area contributed by atoms with Crippen LogP contribution in [0.15, 0.2) is 0 Å². The van der Waals surface area contributed by atoms with Crippen molar-refractivity contribution in [2.45, 2.75) is 75.1 Å². The molecule has 0 aliphatic heterocycles. The van der Waals surface area contributed by atoms with Gasteiger partial charge in [0.2, 0.25) is 0 Å². The molecule has 0 N–H and O–H groups in total. The molecule has 0 bridgehead atoms. The van der Waals surface area contributed by atoms with Crippen LogP contribution in [0.3, 0.4) is 0 Å². The van der Waals surface area contributed by atoms with Crippen molar-refractivity contribution in [2.24, 2.45) is 0 Å². The Kier molecular flexibility index (Phi) is 9.34. The van der Waals surface area contributed by atoms with Gasteiger partial charge in [0.25, 0.3) is 0 Å². The summed E-state index contributed by atoms with van der Waals surface area (Å²) in [6, 6.07) is 0. The molecule has 0 radical (unpaired) electrons. The van der Waals surface area contributed by atoms with Crippen molar-refractivity contribution in [1.29, 1.82) is 0 Å². The van der Waals surface area contributed by atoms with Crippen LogP contribution in [0.4, 0.5) is 52.7 Å². The van der Waals surface area contributed by atoms with E-state index in [0.717, 1.165) is 13.8 Å². The summed E-state index contributed by atoms with van der Waals surface area (Å²) in [5, 5.41) is 0. The number of hydrogen-bond acceptors (Lipinski definition) is 4. The summed E-state index contributed by atoms with van der Waals surface area (Å²) in [5.41, 5.74) is 0. The molecule has 0 heterocycles. The zero-order valence-electron chi connectivity index (χ0n) is 16.4. The standard InChI is InChI=1S/C16H18F12O4/c1-3-31-9(29)5-7-11(17,18)13(21,22)15(25,26)16(27,28)14(23,24)12(19,20)8-6-10(30)32-4-2/h3-8H2,1-2H3. The second-order valence-corrected chi connectivity index (χ2v) is 6.32. The lowest BCUT2D eigenvalue weighted by Crippen LogP contribution is -2.70. The Hall–Kier alpha value is -1.90. The molecule has 0 amide bonds. The normalized spacial score (nSPS) is 14.3. The fourth-order valence-electron chi connectivity index (χ4n) is 2.15. The molecule has 0 saturated carbocycles. The van der Waals surface area contributed by atoms with Gasteiger partial charge < -0.3 is 9.47 Å². The molecule has 0 aromatic rings. The number of carbonyl (C=O) groups excluding carboxylic acids is 2. The third-order valence-electron chi connectivity index (χ3n) is 4.00. The van der Waals surface area contributed by atoms with Gasteiger partial charge in [-0.3, -0.25) is 9.59 Å². The molecule has 0 aromatic heterocycles. The van der Waals surface area contributed by atoms with Gasteiger partial charge in [0.05, 0.1) is 26.1 Å². The van der Waals surface area contributed by atoms with Gasteiger partial charge in [0.1, 0.15) is 0 Å². The van der Waals surface area contributed by atoms with E-state index in [2.05, 4.69) is 9.47 Å². The van der Waals surface area contributed by atoms with Gasteiger partial charge in [-0.05, 0) is 13.8 Å². The average Bonchev–Trinajstić information content (AvgIpc) is 2.64. The number of carbonyl (C=O) groups is 2. The van der Waals surface area contributed by atoms with Crippen LogP contribution in [0.25, 0.3) is 0 Å². The lowest BCUT2D eigenvalue weighted by atomic mass is 9.89. The summed E-state index contributed by atoms with van der Waals surface area (Å²) < 4.78 is 172. The minimum absolute atomic E-state index is 0.456. The van der Waals surface area contributed by atoms with Gasteiger partial charge in [0.15, 0.2) is 0 Å². The first-order valence-electron chi connectivity index (χ1n) is 8.74. The summed E-state index contributed by atoms with van der Waals surface area (Å²) in [5.74, 6) is -45.8. The molecule has 0 rings (SSSR count). The molecule has 0 atom stereocenters. The Morgan fingerprint density at radius 2 is 0.781 bits per heavy atom. The molecule has 32 heavy (non-hydrogen) atoms. The van der Waals surface area contributed by atoms with Crippen molar-refractivity contribution in [3.8, 4) is 0 Å². The predicted molar refractivity (Wildman–Crippen MR) is 81.4 cm³/mol. The van der Waals surface area contributed by atoms with Gasteiger partial charge >= 0.3 is 47.5 Å². The summed E-state index contributed by atoms with van der Waals surface area (Å²) in [6.07, 6.45) is -8.50. The molecule has 190 valence electrons. The largest absolute Gasteiger partial charge is 0.466 e. The first-order valence-corrected chi connectivity index (χ1v) is 8.74. The topological polar surface area (TPSA) is 52.6 Å². The van der Waals surface area contributed by atoms with E-state index in [1.807, 2.05) is 0 Å². The Balaban J connectivity index is 5.96. The SMILES string of the molecule is CCOC(=O)CCC(F)(F)C(F)(F)C(F)(F)C(F)(F)C(F)(F)C(F)(F)CCC(=O)OCC. The third-order valence-corrected chi connectivity index (χ3v) is 4.00. The fourth-order valence-corrected chi connectivity index (χ4v) is 2.15. The van der Waals surface area contributed by atoms with Crippen LogP contribution in [0, 0.1) is 0 Å². The maximum absolute atomic E-state index is 13.7. The average molecular weight is 502 g/mol. The number of alkyl halides is 12. The molecular formula is C16H18F12O4. The number of rotatable bonds is 13. The first-order chi connectivity index (χ1) is 14.2. The molecule has 0 aliphatic carbocycles. The van der Waals surface area contributed by atoms with E-state index in [-0.39, 0.29) is 0 Å². The van der Waals surface area contributed by atoms with Crippen LogP contribution in [0.1, 0.15) is 39.5 Å². The van der Waals surface area contributed by atoms with E-state index in [1.165, 1.54) is 0 Å². The minimum Gasteiger partial charge on any atom is -0.466 e. The van der Waals surface area contributed by atoms with E-state index in [1.54, 1.807) is 0 Å². The summed E-state index contributed by atoms with van der Waals surface area (Å²) in [7, 11) is 0. The Bertz CT molecular complexity index is 607. The van der Waals surface area contributed by atoms with Crippen LogP contribution in [-0.2, 0) is 19.1 Å². The Morgan fingerprint density at radius 1 is 0.531 bits per heavy atom. The molecule has 0 aliphatic rings. The predicted octanol–water partition coefficient (Wildman–Crippen LogP) is 5.48. The fraction of sp³-hybridized carbons (Fsp3) is 0.875. The monoisotopic (exact) mass is 502 g/mol. The van der Waals surface area contributed by atoms with E-state index in [0.29, 0.717) is 0 Å². The number of hydrogen-bond donors (Lipinski definition) is 0. The lowest BCUT2D eigenvalue weighted by Gasteiger charge is -2.41. The van der Waals surface area contributed by atoms with Crippen molar-refractivity contribution >= 4 is 11.9 Å². The molecule has 16 heteroatoms. The molecule has 0 unspecified atom stereocenters. The molecule has 0 fully saturated rings. The molecule has 0 spiro atoms. The zero-order valence-corrected chi connectivity index (χ0v) is 16.4. The van der Waals surface area contributed by atoms with Crippen LogP contribution in [0.2, 0.25) is 0 Å². The highest BCUT2D eigenvalue weighted by Gasteiger charge is 2.89. The number of esters is 2. The second kappa shape index (κ2) is 9.93. The number of halogens is 12. The smallest absolute Gasteiger partial charge is 0.384 e. The molecule has 0 saturated heterocycles. The first kappa shape index (κ1) is 30.1. The van der Waals surface area contributed by atoms with Crippen LogP contribution >= 0.6 is 0 Å². The van der Waals surface area contributed by atoms with Crippen molar-refractivity contribution in [3.63, 3.8) is 0 Å². The van der Waals surface area contributed by atoms with Crippen LogP contribution in [0.5, 0.6) is 0 Å². The lowest BCUT2D eigenvalue weighted by molar-refractivity contribution is -0.425. The summed E-state index contributed by atoms with van der Waals surface area (Å²) in [4.78, 5) is 21.9. The van der Waals surface area contributed by atoms with E-state index in [9.17, 15) is 62.3 Å². The van der Waals surface area contributed by atoms with Gasteiger partial charge in [-0.1, -0.05) is 0 Å². The molecular weight excluding hydrogens is 484 g/mol. The van der Waals surface area contributed by atoms with Gasteiger partial charge in [-0.25, -0.2) is 0 Å². The highest BCUT2D eigenvalue weighted by atomic mass is 19.4. The third kappa shape index (κ3) is 5.53. The van der Waals surface area contributed by atoms with Gasteiger partial charge in [0, 0.05) is 12.8 Å². The zero-order chi connectivity index (χ0) is 25.8. The van der Waals surface area contributed by atoms with E-state index >= 15 is 0 Å². The van der Waals surface area contributed by atoms with Crippen LogP contribution in [-0.4, -0.2) is 60.7 Å². The van der Waals surface area contributed by atoms with Crippen molar-refractivity contribution in [2.75, 3.05) is 13.2 Å². The van der Waals surface area contributed by atoms with Crippen molar-refractivity contribution in [1.82, 2.24) is 0 Å². The summed E-state index contributed by atoms with van der Waals surface area (Å²) >= 11 is 0. The molecule has 4 nitrogen and oxygen atoms in total. The summed E-state index contributed by atoms with van der Waals surface area (Å²) in [6.45, 7) is 1.37.